The standard InChI is InChI=1S/C18H20N4OS2/c23-16(19-9-7-14-5-3-11-24-14)13-4-2-10-22(12-13)18-21-15-6-1-8-20-17(15)25-18/h1,3,5-6,8,11,13H,2,4,7,9-10,12H2,(H,19,23)/t13-/m0/s1. The first-order valence-corrected chi connectivity index (χ1v) is 10.3. The van der Waals surface area contributed by atoms with Crippen molar-refractivity contribution in [3.8, 4) is 0 Å². The van der Waals surface area contributed by atoms with Gasteiger partial charge in [0.15, 0.2) is 5.13 Å². The molecule has 1 N–H and O–H groups in total. The molecule has 1 amide bonds. The van der Waals surface area contributed by atoms with Crippen molar-refractivity contribution >= 4 is 44.1 Å². The molecule has 1 saturated heterocycles. The molecule has 0 spiro atoms. The molecule has 0 unspecified atom stereocenters. The Morgan fingerprint density at radius 1 is 1.36 bits per heavy atom. The zero-order valence-corrected chi connectivity index (χ0v) is 15.5. The lowest BCUT2D eigenvalue weighted by molar-refractivity contribution is -0.125. The van der Waals surface area contributed by atoms with Crippen LogP contribution in [0, 0.1) is 5.92 Å². The minimum Gasteiger partial charge on any atom is -0.355 e. The number of hydrogen-bond acceptors (Lipinski definition) is 6. The van der Waals surface area contributed by atoms with E-state index < -0.39 is 0 Å². The number of thiazole rings is 1. The van der Waals surface area contributed by atoms with Gasteiger partial charge in [0, 0.05) is 30.7 Å². The van der Waals surface area contributed by atoms with Gasteiger partial charge < -0.3 is 10.2 Å². The van der Waals surface area contributed by atoms with Gasteiger partial charge in [0.25, 0.3) is 0 Å². The number of fused-ring (bicyclic) bond motifs is 1. The second-order valence-corrected chi connectivity index (χ2v) is 8.22. The van der Waals surface area contributed by atoms with Gasteiger partial charge in [-0.1, -0.05) is 17.4 Å². The van der Waals surface area contributed by atoms with Crippen molar-refractivity contribution in [1.29, 1.82) is 0 Å². The largest absolute Gasteiger partial charge is 0.355 e. The highest BCUT2D eigenvalue weighted by atomic mass is 32.1. The maximum absolute atomic E-state index is 12.5. The van der Waals surface area contributed by atoms with Crippen LogP contribution in [0.15, 0.2) is 35.8 Å². The minimum absolute atomic E-state index is 0.0389. The number of carbonyl (C=O) groups is 1. The second-order valence-electron chi connectivity index (χ2n) is 6.23. The number of nitrogens with one attached hydrogen (secondary N) is 1. The summed E-state index contributed by atoms with van der Waals surface area (Å²) in [7, 11) is 0. The Morgan fingerprint density at radius 3 is 3.16 bits per heavy atom. The second kappa shape index (κ2) is 7.49. The fourth-order valence-corrected chi connectivity index (χ4v) is 4.82. The number of pyridine rings is 1. The maximum atomic E-state index is 12.5. The highest BCUT2D eigenvalue weighted by Gasteiger charge is 2.27. The third-order valence-electron chi connectivity index (χ3n) is 4.47. The Kier molecular flexibility index (Phi) is 4.94. The first kappa shape index (κ1) is 16.5. The molecule has 1 aliphatic heterocycles. The van der Waals surface area contributed by atoms with Gasteiger partial charge in [-0.05, 0) is 42.8 Å². The van der Waals surface area contributed by atoms with Crippen LogP contribution >= 0.6 is 22.7 Å². The quantitative estimate of drug-likeness (QED) is 0.746. The Bertz CT molecular complexity index is 813. The van der Waals surface area contributed by atoms with Gasteiger partial charge >= 0.3 is 0 Å². The Hall–Kier alpha value is -1.99. The van der Waals surface area contributed by atoms with Crippen molar-refractivity contribution in [3.05, 3.63) is 40.7 Å². The summed E-state index contributed by atoms with van der Waals surface area (Å²) < 4.78 is 0. The SMILES string of the molecule is O=C(NCCc1cccs1)[C@H]1CCCN(c2nc3cccnc3s2)C1. The average Bonchev–Trinajstić information content (AvgIpc) is 3.31. The van der Waals surface area contributed by atoms with Gasteiger partial charge in [-0.2, -0.15) is 0 Å². The van der Waals surface area contributed by atoms with E-state index in [1.54, 1.807) is 28.9 Å². The highest BCUT2D eigenvalue weighted by Crippen LogP contribution is 2.30. The summed E-state index contributed by atoms with van der Waals surface area (Å²) in [6, 6.07) is 8.06. The molecule has 1 atom stereocenters. The van der Waals surface area contributed by atoms with Crippen molar-refractivity contribution in [2.24, 2.45) is 5.92 Å². The van der Waals surface area contributed by atoms with E-state index in [1.165, 1.54) is 4.88 Å². The van der Waals surface area contributed by atoms with E-state index in [9.17, 15) is 4.79 Å². The lowest BCUT2D eigenvalue weighted by Gasteiger charge is -2.31. The summed E-state index contributed by atoms with van der Waals surface area (Å²) in [5, 5.41) is 6.15. The predicted octanol–water partition coefficient (Wildman–Crippen LogP) is 3.33. The predicted molar refractivity (Wildman–Crippen MR) is 103 cm³/mol. The van der Waals surface area contributed by atoms with Crippen LogP contribution in [0.1, 0.15) is 17.7 Å². The summed E-state index contributed by atoms with van der Waals surface area (Å²) in [5.74, 6) is 0.206. The number of carbonyl (C=O) groups excluding carboxylic acids is 1. The molecule has 0 bridgehead atoms. The molecule has 5 nitrogen and oxygen atoms in total. The molecule has 1 fully saturated rings. The van der Waals surface area contributed by atoms with Crippen LogP contribution in [0.3, 0.4) is 0 Å². The molecular weight excluding hydrogens is 352 g/mol. The van der Waals surface area contributed by atoms with E-state index in [0.29, 0.717) is 6.54 Å². The number of rotatable bonds is 5. The molecule has 130 valence electrons. The number of thiophene rings is 1. The molecule has 0 saturated carbocycles. The van der Waals surface area contributed by atoms with E-state index in [1.807, 2.05) is 18.2 Å². The van der Waals surface area contributed by atoms with Crippen LogP contribution in [-0.2, 0) is 11.2 Å². The molecule has 7 heteroatoms. The smallest absolute Gasteiger partial charge is 0.224 e. The topological polar surface area (TPSA) is 58.1 Å². The van der Waals surface area contributed by atoms with Crippen LogP contribution in [0.25, 0.3) is 10.3 Å². The molecule has 0 aromatic carbocycles. The van der Waals surface area contributed by atoms with E-state index in [4.69, 9.17) is 0 Å². The monoisotopic (exact) mass is 372 g/mol. The lowest BCUT2D eigenvalue weighted by atomic mass is 9.97. The summed E-state index contributed by atoms with van der Waals surface area (Å²) >= 11 is 3.34. The van der Waals surface area contributed by atoms with Crippen LogP contribution in [0.5, 0.6) is 0 Å². The summed E-state index contributed by atoms with van der Waals surface area (Å²) in [4.78, 5) is 26.1. The van der Waals surface area contributed by atoms with Gasteiger partial charge in [-0.25, -0.2) is 9.97 Å². The van der Waals surface area contributed by atoms with Crippen LogP contribution < -0.4 is 10.2 Å². The zero-order valence-electron chi connectivity index (χ0n) is 13.9. The Morgan fingerprint density at radius 2 is 2.32 bits per heavy atom. The molecule has 4 rings (SSSR count). The Balaban J connectivity index is 1.36. The van der Waals surface area contributed by atoms with Crippen molar-refractivity contribution < 1.29 is 4.79 Å². The van der Waals surface area contributed by atoms with Crippen LogP contribution in [-0.4, -0.2) is 35.5 Å². The molecule has 4 heterocycles. The first-order chi connectivity index (χ1) is 12.3. The third kappa shape index (κ3) is 3.82. The van der Waals surface area contributed by atoms with E-state index in [-0.39, 0.29) is 11.8 Å². The van der Waals surface area contributed by atoms with Gasteiger partial charge in [0.05, 0.1) is 5.92 Å². The van der Waals surface area contributed by atoms with Gasteiger partial charge in [-0.3, -0.25) is 4.79 Å². The zero-order chi connectivity index (χ0) is 17.1. The molecule has 3 aromatic heterocycles. The minimum atomic E-state index is 0.0389. The van der Waals surface area contributed by atoms with Gasteiger partial charge in [0.1, 0.15) is 10.3 Å². The van der Waals surface area contributed by atoms with Crippen molar-refractivity contribution in [2.75, 3.05) is 24.5 Å². The summed E-state index contributed by atoms with van der Waals surface area (Å²) in [6.07, 6.45) is 4.67. The van der Waals surface area contributed by atoms with Crippen LogP contribution in [0.2, 0.25) is 0 Å². The summed E-state index contributed by atoms with van der Waals surface area (Å²) in [5.41, 5.74) is 0.935. The fraction of sp³-hybridized carbons (Fsp3) is 0.389. The third-order valence-corrected chi connectivity index (χ3v) is 6.44. The first-order valence-electron chi connectivity index (χ1n) is 8.56. The molecular formula is C18H20N4OS2. The number of amides is 1. The van der Waals surface area contributed by atoms with Crippen molar-refractivity contribution in [2.45, 2.75) is 19.3 Å². The molecule has 0 aliphatic carbocycles. The van der Waals surface area contributed by atoms with Crippen LogP contribution in [0.4, 0.5) is 5.13 Å². The number of piperidine rings is 1. The van der Waals surface area contributed by atoms with Gasteiger partial charge in [-0.15, -0.1) is 11.3 Å². The summed E-state index contributed by atoms with van der Waals surface area (Å²) in [6.45, 7) is 2.41. The molecule has 0 radical (unpaired) electrons. The molecule has 3 aromatic rings. The molecule has 1 aliphatic rings. The van der Waals surface area contributed by atoms with E-state index >= 15 is 0 Å². The normalized spacial score (nSPS) is 17.8. The Labute approximate surface area is 154 Å². The number of hydrogen-bond donors (Lipinski definition) is 1. The van der Waals surface area contributed by atoms with Crippen molar-refractivity contribution in [1.82, 2.24) is 15.3 Å². The average molecular weight is 373 g/mol. The highest BCUT2D eigenvalue weighted by molar-refractivity contribution is 7.21. The van der Waals surface area contributed by atoms with Crippen molar-refractivity contribution in [3.63, 3.8) is 0 Å². The van der Waals surface area contributed by atoms with E-state index in [2.05, 4.69) is 31.6 Å². The maximum Gasteiger partial charge on any atom is 0.224 e. The lowest BCUT2D eigenvalue weighted by Crippen LogP contribution is -2.43. The fourth-order valence-electron chi connectivity index (χ4n) is 3.17. The molecule has 25 heavy (non-hydrogen) atoms. The number of aromatic nitrogens is 2. The number of nitrogens with zero attached hydrogens (tertiary/aromatic N) is 3. The number of anilines is 1. The van der Waals surface area contributed by atoms with E-state index in [0.717, 1.165) is 47.8 Å². The van der Waals surface area contributed by atoms with Gasteiger partial charge in [0.2, 0.25) is 5.91 Å².